The number of benzene rings is 1. The first kappa shape index (κ1) is 14.1. The maximum Gasteiger partial charge on any atom is 0.256 e. The molecule has 0 saturated heterocycles. The van der Waals surface area contributed by atoms with Crippen LogP contribution in [0.15, 0.2) is 28.9 Å². The number of aromatic nitrogens is 1. The summed E-state index contributed by atoms with van der Waals surface area (Å²) in [6.45, 7) is 2.33. The Kier molecular flexibility index (Phi) is 4.31. The Balaban J connectivity index is 2.17. The van der Waals surface area contributed by atoms with E-state index in [-0.39, 0.29) is 11.5 Å². The Morgan fingerprint density at radius 2 is 2.26 bits per heavy atom. The van der Waals surface area contributed by atoms with Gasteiger partial charge in [0, 0.05) is 18.1 Å². The second-order valence-corrected chi connectivity index (χ2v) is 6.28. The van der Waals surface area contributed by atoms with Crippen LogP contribution in [0.3, 0.4) is 0 Å². The molecule has 1 heterocycles. The summed E-state index contributed by atoms with van der Waals surface area (Å²) in [4.78, 5) is 18.8. The van der Waals surface area contributed by atoms with Crippen molar-refractivity contribution in [1.29, 1.82) is 0 Å². The van der Waals surface area contributed by atoms with Crippen molar-refractivity contribution in [3.05, 3.63) is 50.1 Å². The molecule has 0 fully saturated rings. The number of halogens is 2. The van der Waals surface area contributed by atoms with Crippen LogP contribution in [0.4, 0.5) is 4.39 Å². The molecular formula is C13H12BrFN2OS. The quantitative estimate of drug-likeness (QED) is 0.853. The molecule has 6 heteroatoms. The molecule has 100 valence electrons. The zero-order valence-electron chi connectivity index (χ0n) is 10.5. The van der Waals surface area contributed by atoms with Crippen LogP contribution in [0.1, 0.15) is 20.2 Å². The van der Waals surface area contributed by atoms with E-state index < -0.39 is 5.82 Å². The average Bonchev–Trinajstić information content (AvgIpc) is 2.77. The van der Waals surface area contributed by atoms with Crippen molar-refractivity contribution in [3.8, 4) is 0 Å². The van der Waals surface area contributed by atoms with Crippen molar-refractivity contribution in [2.45, 2.75) is 13.5 Å². The third-order valence-corrected chi connectivity index (χ3v) is 4.10. The predicted molar refractivity (Wildman–Crippen MR) is 76.7 cm³/mol. The van der Waals surface area contributed by atoms with Crippen LogP contribution >= 0.6 is 27.3 Å². The average molecular weight is 343 g/mol. The van der Waals surface area contributed by atoms with Gasteiger partial charge in [0.15, 0.2) is 0 Å². The number of carbonyl (C=O) groups excluding carboxylic acids is 1. The molecule has 1 amide bonds. The lowest BCUT2D eigenvalue weighted by Crippen LogP contribution is -2.26. The maximum absolute atomic E-state index is 13.9. The summed E-state index contributed by atoms with van der Waals surface area (Å²) in [5.41, 5.74) is 0.0677. The molecule has 0 radical (unpaired) electrons. The maximum atomic E-state index is 13.9. The van der Waals surface area contributed by atoms with Gasteiger partial charge in [0.05, 0.1) is 21.6 Å². The van der Waals surface area contributed by atoms with E-state index in [1.807, 2.05) is 6.92 Å². The van der Waals surface area contributed by atoms with Crippen molar-refractivity contribution in [1.82, 2.24) is 9.88 Å². The number of nitrogens with zero attached hydrogens (tertiary/aromatic N) is 2. The monoisotopic (exact) mass is 342 g/mol. The molecule has 0 aliphatic heterocycles. The smallest absolute Gasteiger partial charge is 0.256 e. The SMILES string of the molecule is Cc1ncc(CN(C)C(=O)c2cccc(Br)c2F)s1. The first-order valence-corrected chi connectivity index (χ1v) is 7.20. The molecule has 0 aliphatic rings. The largest absolute Gasteiger partial charge is 0.336 e. The van der Waals surface area contributed by atoms with E-state index in [0.29, 0.717) is 11.0 Å². The molecule has 0 N–H and O–H groups in total. The van der Waals surface area contributed by atoms with Gasteiger partial charge in [-0.2, -0.15) is 0 Å². The molecule has 3 nitrogen and oxygen atoms in total. The van der Waals surface area contributed by atoms with Gasteiger partial charge in [0.2, 0.25) is 0 Å². The summed E-state index contributed by atoms with van der Waals surface area (Å²) >= 11 is 4.61. The highest BCUT2D eigenvalue weighted by molar-refractivity contribution is 9.10. The molecule has 2 aromatic rings. The lowest BCUT2D eigenvalue weighted by atomic mass is 10.2. The van der Waals surface area contributed by atoms with Crippen LogP contribution in [0.2, 0.25) is 0 Å². The van der Waals surface area contributed by atoms with Crippen LogP contribution in [0.5, 0.6) is 0 Å². The van der Waals surface area contributed by atoms with E-state index in [1.54, 1.807) is 25.4 Å². The molecule has 0 atom stereocenters. The fourth-order valence-electron chi connectivity index (χ4n) is 1.66. The summed E-state index contributed by atoms with van der Waals surface area (Å²) < 4.78 is 14.1. The molecule has 0 bridgehead atoms. The molecule has 19 heavy (non-hydrogen) atoms. The van der Waals surface area contributed by atoms with E-state index in [0.717, 1.165) is 9.88 Å². The van der Waals surface area contributed by atoms with Crippen molar-refractivity contribution in [2.24, 2.45) is 0 Å². The van der Waals surface area contributed by atoms with E-state index >= 15 is 0 Å². The summed E-state index contributed by atoms with van der Waals surface area (Å²) in [7, 11) is 1.65. The standard InChI is InChI=1S/C13H12BrFN2OS/c1-8-16-6-9(19-8)7-17(2)13(18)10-4-3-5-11(14)12(10)15/h3-6H,7H2,1-2H3. The minimum atomic E-state index is -0.528. The Hall–Kier alpha value is -1.27. The highest BCUT2D eigenvalue weighted by Crippen LogP contribution is 2.21. The molecule has 1 aromatic carbocycles. The van der Waals surface area contributed by atoms with Crippen molar-refractivity contribution in [2.75, 3.05) is 7.05 Å². The van der Waals surface area contributed by atoms with Crippen molar-refractivity contribution < 1.29 is 9.18 Å². The van der Waals surface area contributed by atoms with Crippen molar-refractivity contribution in [3.63, 3.8) is 0 Å². The van der Waals surface area contributed by atoms with Crippen molar-refractivity contribution >= 4 is 33.2 Å². The third-order valence-electron chi connectivity index (χ3n) is 2.59. The highest BCUT2D eigenvalue weighted by Gasteiger charge is 2.18. The van der Waals surface area contributed by atoms with Gasteiger partial charge >= 0.3 is 0 Å². The zero-order valence-corrected chi connectivity index (χ0v) is 12.9. The Morgan fingerprint density at radius 1 is 1.53 bits per heavy atom. The number of hydrogen-bond donors (Lipinski definition) is 0. The first-order valence-electron chi connectivity index (χ1n) is 5.60. The molecular weight excluding hydrogens is 331 g/mol. The second-order valence-electron chi connectivity index (χ2n) is 4.11. The van der Waals surface area contributed by atoms with Crippen LogP contribution in [0, 0.1) is 12.7 Å². The third kappa shape index (κ3) is 3.19. The van der Waals surface area contributed by atoms with Gasteiger partial charge in [-0.3, -0.25) is 4.79 Å². The number of amides is 1. The molecule has 0 spiro atoms. The summed E-state index contributed by atoms with van der Waals surface area (Å²) in [5.74, 6) is -0.871. The lowest BCUT2D eigenvalue weighted by Gasteiger charge is -2.16. The Labute approximate surface area is 123 Å². The molecule has 0 saturated carbocycles. The normalized spacial score (nSPS) is 10.5. The van der Waals surface area contributed by atoms with Gasteiger partial charge in [-0.05, 0) is 35.0 Å². The number of thiazole rings is 1. The number of aryl methyl sites for hydroxylation is 1. The number of carbonyl (C=O) groups is 1. The zero-order chi connectivity index (χ0) is 14.0. The van der Waals surface area contributed by atoms with E-state index in [9.17, 15) is 9.18 Å². The second kappa shape index (κ2) is 5.79. The summed E-state index contributed by atoms with van der Waals surface area (Å²) in [5, 5.41) is 0.949. The fourth-order valence-corrected chi connectivity index (χ4v) is 2.87. The minimum absolute atomic E-state index is 0.0677. The molecule has 0 aliphatic carbocycles. The Morgan fingerprint density at radius 3 is 2.89 bits per heavy atom. The van der Waals surface area contributed by atoms with Gasteiger partial charge < -0.3 is 4.90 Å². The van der Waals surface area contributed by atoms with Gasteiger partial charge in [0.1, 0.15) is 5.82 Å². The van der Waals surface area contributed by atoms with Gasteiger partial charge in [-0.1, -0.05) is 6.07 Å². The highest BCUT2D eigenvalue weighted by atomic mass is 79.9. The van der Waals surface area contributed by atoms with Crippen LogP contribution < -0.4 is 0 Å². The van der Waals surface area contributed by atoms with Gasteiger partial charge in [-0.15, -0.1) is 11.3 Å². The molecule has 2 rings (SSSR count). The summed E-state index contributed by atoms with van der Waals surface area (Å²) in [6, 6.07) is 4.70. The predicted octanol–water partition coefficient (Wildman–Crippen LogP) is 3.63. The van der Waals surface area contributed by atoms with Crippen LogP contribution in [-0.2, 0) is 6.54 Å². The molecule has 1 aromatic heterocycles. The Bertz CT molecular complexity index is 614. The fraction of sp³-hybridized carbons (Fsp3) is 0.231. The topological polar surface area (TPSA) is 33.2 Å². The first-order chi connectivity index (χ1) is 8.99. The van der Waals surface area contributed by atoms with Crippen LogP contribution in [0.25, 0.3) is 0 Å². The number of rotatable bonds is 3. The molecule has 0 unspecified atom stereocenters. The van der Waals surface area contributed by atoms with Gasteiger partial charge in [-0.25, -0.2) is 9.37 Å². The van der Waals surface area contributed by atoms with E-state index in [4.69, 9.17) is 0 Å². The minimum Gasteiger partial charge on any atom is -0.336 e. The van der Waals surface area contributed by atoms with Gasteiger partial charge in [0.25, 0.3) is 5.91 Å². The van der Waals surface area contributed by atoms with E-state index in [1.165, 1.54) is 22.3 Å². The lowest BCUT2D eigenvalue weighted by molar-refractivity contribution is 0.0781. The number of hydrogen-bond acceptors (Lipinski definition) is 3. The summed E-state index contributed by atoms with van der Waals surface area (Å²) in [6.07, 6.45) is 1.74. The van der Waals surface area contributed by atoms with E-state index in [2.05, 4.69) is 20.9 Å². The van der Waals surface area contributed by atoms with Crippen LogP contribution in [-0.4, -0.2) is 22.8 Å².